The van der Waals surface area contributed by atoms with Crippen LogP contribution in [0.15, 0.2) is 41.5 Å². The van der Waals surface area contributed by atoms with E-state index in [9.17, 15) is 14.7 Å². The van der Waals surface area contributed by atoms with Crippen molar-refractivity contribution in [1.82, 2.24) is 0 Å². The summed E-state index contributed by atoms with van der Waals surface area (Å²) in [5, 5.41) is 9.88. The summed E-state index contributed by atoms with van der Waals surface area (Å²) < 4.78 is 12.7. The summed E-state index contributed by atoms with van der Waals surface area (Å²) in [7, 11) is 0. The van der Waals surface area contributed by atoms with Crippen molar-refractivity contribution in [3.8, 4) is 11.5 Å². The van der Waals surface area contributed by atoms with E-state index in [0.29, 0.717) is 24.0 Å². The van der Waals surface area contributed by atoms with Gasteiger partial charge in [0.05, 0.1) is 11.2 Å². The maximum absolute atomic E-state index is 13.9. The lowest BCUT2D eigenvalue weighted by molar-refractivity contribution is -0.165. The van der Waals surface area contributed by atoms with E-state index in [1.54, 1.807) is 6.07 Å². The Morgan fingerprint density at radius 2 is 2.04 bits per heavy atom. The molecule has 1 saturated carbocycles. The molecule has 0 radical (unpaired) electrons. The number of ether oxygens (including phenoxy) is 2. The third-order valence-electron chi connectivity index (χ3n) is 6.90. The molecule has 2 heterocycles. The fraction of sp³-hybridized carbons (Fsp3) is 0.478. The van der Waals surface area contributed by atoms with E-state index in [1.165, 1.54) is 12.1 Å². The summed E-state index contributed by atoms with van der Waals surface area (Å²) in [5.41, 5.74) is -0.895. The largest absolute Gasteiger partial charge is 0.508 e. The Morgan fingerprint density at radius 1 is 1.29 bits per heavy atom. The molecule has 4 unspecified atom stereocenters. The van der Waals surface area contributed by atoms with Crippen molar-refractivity contribution >= 4 is 11.6 Å². The van der Waals surface area contributed by atoms with Crippen LogP contribution in [0.25, 0.3) is 0 Å². The van der Waals surface area contributed by atoms with Crippen molar-refractivity contribution in [3.63, 3.8) is 0 Å². The zero-order chi connectivity index (χ0) is 20.1. The first-order chi connectivity index (χ1) is 13.1. The predicted molar refractivity (Wildman–Crippen MR) is 102 cm³/mol. The van der Waals surface area contributed by atoms with E-state index < -0.39 is 16.8 Å². The molecule has 1 saturated heterocycles. The van der Waals surface area contributed by atoms with Gasteiger partial charge in [0.15, 0.2) is 11.4 Å². The molecule has 3 aliphatic carbocycles. The first kappa shape index (κ1) is 17.7. The van der Waals surface area contributed by atoms with Crippen LogP contribution in [0.5, 0.6) is 11.5 Å². The van der Waals surface area contributed by atoms with Gasteiger partial charge in [0.25, 0.3) is 0 Å². The van der Waals surface area contributed by atoms with Gasteiger partial charge in [0.1, 0.15) is 17.1 Å². The van der Waals surface area contributed by atoms with Crippen LogP contribution in [0, 0.1) is 11.8 Å². The second kappa shape index (κ2) is 5.15. The molecule has 1 aromatic carbocycles. The highest BCUT2D eigenvalue weighted by Crippen LogP contribution is 2.64. The number of ketones is 2. The monoisotopic (exact) mass is 380 g/mol. The molecule has 5 nitrogen and oxygen atoms in total. The first-order valence-corrected chi connectivity index (χ1v) is 9.78. The average molecular weight is 380 g/mol. The summed E-state index contributed by atoms with van der Waals surface area (Å²) >= 11 is 0. The van der Waals surface area contributed by atoms with Gasteiger partial charge in [-0.2, -0.15) is 0 Å². The SMILES string of the molecule is CC(C)=CCC12OC(C)(C)C3CC4(Oc5cc(O)ccc5C(=O)C4=CC31)C2=O. The Balaban J connectivity index is 1.73. The zero-order valence-electron chi connectivity index (χ0n) is 16.5. The minimum atomic E-state index is -1.33. The van der Waals surface area contributed by atoms with Crippen molar-refractivity contribution in [2.45, 2.75) is 57.3 Å². The van der Waals surface area contributed by atoms with Crippen LogP contribution < -0.4 is 4.74 Å². The molecule has 4 bridgehead atoms. The first-order valence-electron chi connectivity index (χ1n) is 9.78. The summed E-state index contributed by atoms with van der Waals surface area (Å²) in [6, 6.07) is 4.44. The lowest BCUT2D eigenvalue weighted by atomic mass is 9.53. The van der Waals surface area contributed by atoms with Gasteiger partial charge >= 0.3 is 0 Å². The molecular weight excluding hydrogens is 356 g/mol. The van der Waals surface area contributed by atoms with Crippen molar-refractivity contribution in [2.24, 2.45) is 11.8 Å². The molecule has 1 spiro atoms. The minimum Gasteiger partial charge on any atom is -0.508 e. The Bertz CT molecular complexity index is 996. The topological polar surface area (TPSA) is 72.8 Å². The maximum atomic E-state index is 13.9. The molecule has 2 fully saturated rings. The summed E-state index contributed by atoms with van der Waals surface area (Å²) in [4.78, 5) is 27.2. The molecular formula is C23H24O5. The molecule has 0 amide bonds. The number of hydrogen-bond acceptors (Lipinski definition) is 5. The quantitative estimate of drug-likeness (QED) is 0.791. The fourth-order valence-corrected chi connectivity index (χ4v) is 5.63. The highest BCUT2D eigenvalue weighted by molar-refractivity contribution is 6.20. The molecule has 5 heteroatoms. The van der Waals surface area contributed by atoms with E-state index in [0.717, 1.165) is 5.57 Å². The van der Waals surface area contributed by atoms with Gasteiger partial charge in [-0.3, -0.25) is 9.59 Å². The van der Waals surface area contributed by atoms with Crippen molar-refractivity contribution in [1.29, 1.82) is 0 Å². The van der Waals surface area contributed by atoms with E-state index in [4.69, 9.17) is 9.47 Å². The van der Waals surface area contributed by atoms with Gasteiger partial charge in [-0.1, -0.05) is 17.7 Å². The van der Waals surface area contributed by atoms with Gasteiger partial charge in [-0.25, -0.2) is 0 Å². The van der Waals surface area contributed by atoms with E-state index in [2.05, 4.69) is 0 Å². The third-order valence-corrected chi connectivity index (χ3v) is 6.90. The minimum absolute atomic E-state index is 0.00568. The van der Waals surface area contributed by atoms with Crippen molar-refractivity contribution in [2.75, 3.05) is 0 Å². The second-order valence-corrected chi connectivity index (χ2v) is 9.27. The Hall–Kier alpha value is -2.40. The average Bonchev–Trinajstić information content (AvgIpc) is 2.81. The highest BCUT2D eigenvalue weighted by atomic mass is 16.6. The van der Waals surface area contributed by atoms with Gasteiger partial charge in [0.2, 0.25) is 5.78 Å². The lowest BCUT2D eigenvalue weighted by Crippen LogP contribution is -2.68. The van der Waals surface area contributed by atoms with Crippen LogP contribution in [-0.2, 0) is 9.53 Å². The van der Waals surface area contributed by atoms with Crippen LogP contribution in [0.2, 0.25) is 0 Å². The Labute approximate surface area is 164 Å². The van der Waals surface area contributed by atoms with Gasteiger partial charge < -0.3 is 14.6 Å². The van der Waals surface area contributed by atoms with Crippen molar-refractivity contribution < 1.29 is 24.2 Å². The summed E-state index contributed by atoms with van der Waals surface area (Å²) in [6.45, 7) is 8.03. The molecule has 6 rings (SSSR count). The Kier molecular flexibility index (Phi) is 3.25. The number of benzene rings is 1. The van der Waals surface area contributed by atoms with Gasteiger partial charge in [-0.15, -0.1) is 0 Å². The van der Waals surface area contributed by atoms with Crippen LogP contribution in [0.4, 0.5) is 0 Å². The molecule has 5 aliphatic rings. The van der Waals surface area contributed by atoms with Gasteiger partial charge in [-0.05, 0) is 39.8 Å². The third kappa shape index (κ3) is 1.95. The highest BCUT2D eigenvalue weighted by Gasteiger charge is 2.75. The predicted octanol–water partition coefficient (Wildman–Crippen LogP) is 3.76. The molecule has 4 atom stereocenters. The molecule has 2 aliphatic heterocycles. The second-order valence-electron chi connectivity index (χ2n) is 9.27. The smallest absolute Gasteiger partial charge is 0.213 e. The van der Waals surface area contributed by atoms with Crippen LogP contribution in [0.1, 0.15) is 50.9 Å². The molecule has 146 valence electrons. The number of phenols is 1. The number of allylic oxidation sites excluding steroid dienone is 1. The normalized spacial score (nSPS) is 36.4. The summed E-state index contributed by atoms with van der Waals surface area (Å²) in [5.74, 6) is -0.144. The van der Waals surface area contributed by atoms with E-state index in [-0.39, 0.29) is 34.9 Å². The number of hydrogen-bond donors (Lipinski definition) is 1. The molecule has 1 N–H and O–H groups in total. The number of carbonyl (C=O) groups is 2. The molecule has 1 aromatic rings. The van der Waals surface area contributed by atoms with Crippen molar-refractivity contribution in [3.05, 3.63) is 47.1 Å². The van der Waals surface area contributed by atoms with Crippen LogP contribution in [-0.4, -0.2) is 33.5 Å². The number of rotatable bonds is 2. The molecule has 28 heavy (non-hydrogen) atoms. The number of phenolic OH excluding ortho intramolecular Hbond substituents is 1. The number of carbonyl (C=O) groups excluding carboxylic acids is 2. The zero-order valence-corrected chi connectivity index (χ0v) is 16.5. The van der Waals surface area contributed by atoms with E-state index in [1.807, 2.05) is 39.8 Å². The fourth-order valence-electron chi connectivity index (χ4n) is 5.63. The van der Waals surface area contributed by atoms with Gasteiger partial charge in [0, 0.05) is 36.3 Å². The maximum Gasteiger partial charge on any atom is 0.213 e. The molecule has 0 aromatic heterocycles. The van der Waals surface area contributed by atoms with Crippen LogP contribution in [0.3, 0.4) is 0 Å². The van der Waals surface area contributed by atoms with Crippen LogP contribution >= 0.6 is 0 Å². The lowest BCUT2D eigenvalue weighted by Gasteiger charge is -2.53. The number of fused-ring (bicyclic) bond motifs is 1. The number of Topliss-reactive ketones (excluding diaryl/α,β-unsaturated/α-hetero) is 2. The summed E-state index contributed by atoms with van der Waals surface area (Å²) in [6.07, 6.45) is 4.87. The van der Waals surface area contributed by atoms with E-state index >= 15 is 0 Å². The Morgan fingerprint density at radius 3 is 2.75 bits per heavy atom. The number of aromatic hydroxyl groups is 1. The standard InChI is InChI=1S/C23H24O5/c1-12(2)7-8-22-15-10-16-19(25)14-6-5-13(24)9-18(14)27-23(16,20(22)26)11-17(15)21(3,4)28-22/h5-7,9-10,15,17,24H,8,11H2,1-4H3.